The second-order valence-corrected chi connectivity index (χ2v) is 8.85. The number of hydrogen-bond donors (Lipinski definition) is 1. The molecule has 0 radical (unpaired) electrons. The summed E-state index contributed by atoms with van der Waals surface area (Å²) in [6.45, 7) is 7.62. The van der Waals surface area contributed by atoms with Crippen LogP contribution in [-0.4, -0.2) is 52.8 Å². The van der Waals surface area contributed by atoms with E-state index in [-0.39, 0.29) is 0 Å². The second kappa shape index (κ2) is 5.17. The third kappa shape index (κ3) is 2.24. The molecule has 0 aromatic rings. The van der Waals surface area contributed by atoms with Crippen molar-refractivity contribution in [1.29, 1.82) is 0 Å². The molecule has 1 aliphatic heterocycles. The van der Waals surface area contributed by atoms with Crippen molar-refractivity contribution < 1.29 is 0 Å². The van der Waals surface area contributed by atoms with E-state index in [0.29, 0.717) is 10.8 Å². The lowest BCUT2D eigenvalue weighted by Gasteiger charge is -2.68. The zero-order valence-corrected chi connectivity index (χ0v) is 13.8. The maximum Gasteiger partial charge on any atom is 0.0218 e. The van der Waals surface area contributed by atoms with Crippen LogP contribution in [0.3, 0.4) is 0 Å². The summed E-state index contributed by atoms with van der Waals surface area (Å²) in [7, 11) is 0. The molecule has 2 bridgehead atoms. The molecular weight excluding hydrogens is 264 g/mol. The molecule has 20 heavy (non-hydrogen) atoms. The molecule has 5 aliphatic rings. The first-order valence-electron chi connectivity index (χ1n) is 8.83. The summed E-state index contributed by atoms with van der Waals surface area (Å²) < 4.78 is 0. The Kier molecular flexibility index (Phi) is 3.59. The summed E-state index contributed by atoms with van der Waals surface area (Å²) in [6.07, 6.45) is 10.2. The van der Waals surface area contributed by atoms with Crippen LogP contribution in [0.2, 0.25) is 0 Å². The van der Waals surface area contributed by atoms with Crippen LogP contribution in [0.4, 0.5) is 0 Å². The first-order valence-corrected chi connectivity index (χ1v) is 9.35. The summed E-state index contributed by atoms with van der Waals surface area (Å²) in [4.78, 5) is 5.65. The Labute approximate surface area is 129 Å². The van der Waals surface area contributed by atoms with E-state index >= 15 is 0 Å². The van der Waals surface area contributed by atoms with Crippen molar-refractivity contribution in [3.8, 4) is 0 Å². The molecule has 1 atom stereocenters. The lowest BCUT2D eigenvalue weighted by molar-refractivity contribution is -0.157. The van der Waals surface area contributed by atoms with Crippen LogP contribution in [0.25, 0.3) is 0 Å². The molecule has 2 nitrogen and oxygen atoms in total. The first-order chi connectivity index (χ1) is 9.66. The normalized spacial score (nSPS) is 47.4. The molecule has 4 saturated carbocycles. The average molecular weight is 295 g/mol. The van der Waals surface area contributed by atoms with Gasteiger partial charge in [0.25, 0.3) is 0 Å². The number of thiol groups is 1. The molecule has 3 heteroatoms. The molecule has 5 fully saturated rings. The predicted molar refractivity (Wildman–Crippen MR) is 87.4 cm³/mol. The molecule has 0 spiro atoms. The Morgan fingerprint density at radius 2 is 1.55 bits per heavy atom. The van der Waals surface area contributed by atoms with E-state index < -0.39 is 0 Å². The molecule has 1 heterocycles. The van der Waals surface area contributed by atoms with Crippen LogP contribution in [0.1, 0.15) is 51.9 Å². The van der Waals surface area contributed by atoms with E-state index in [9.17, 15) is 0 Å². The van der Waals surface area contributed by atoms with Gasteiger partial charge in [-0.2, -0.15) is 12.6 Å². The zero-order valence-electron chi connectivity index (χ0n) is 12.9. The van der Waals surface area contributed by atoms with E-state index in [2.05, 4.69) is 29.4 Å². The fourth-order valence-corrected chi connectivity index (χ4v) is 5.63. The quantitative estimate of drug-likeness (QED) is 0.799. The van der Waals surface area contributed by atoms with Crippen LogP contribution in [0, 0.1) is 11.8 Å². The molecule has 0 N–H and O–H groups in total. The van der Waals surface area contributed by atoms with Gasteiger partial charge in [-0.05, 0) is 56.8 Å². The van der Waals surface area contributed by atoms with Gasteiger partial charge in [0.2, 0.25) is 0 Å². The highest BCUT2D eigenvalue weighted by atomic mass is 32.1. The van der Waals surface area contributed by atoms with E-state index in [1.807, 2.05) is 0 Å². The highest BCUT2D eigenvalue weighted by Gasteiger charge is 2.59. The molecule has 114 valence electrons. The van der Waals surface area contributed by atoms with Crippen molar-refractivity contribution in [1.82, 2.24) is 9.80 Å². The van der Waals surface area contributed by atoms with Crippen molar-refractivity contribution in [3.63, 3.8) is 0 Å². The van der Waals surface area contributed by atoms with E-state index in [1.54, 1.807) is 0 Å². The van der Waals surface area contributed by atoms with Gasteiger partial charge in [-0.15, -0.1) is 0 Å². The molecule has 0 aromatic heterocycles. The Hall–Kier alpha value is 0.270. The maximum absolute atomic E-state index is 4.64. The van der Waals surface area contributed by atoms with Gasteiger partial charge in [0, 0.05) is 43.0 Å². The van der Waals surface area contributed by atoms with Crippen molar-refractivity contribution in [2.24, 2.45) is 11.8 Å². The molecule has 1 saturated heterocycles. The predicted octanol–water partition coefficient (Wildman–Crippen LogP) is 3.03. The fourth-order valence-electron chi connectivity index (χ4n) is 5.33. The van der Waals surface area contributed by atoms with E-state index in [1.165, 1.54) is 71.1 Å². The Morgan fingerprint density at radius 3 is 2.00 bits per heavy atom. The van der Waals surface area contributed by atoms with Crippen LogP contribution in [0.15, 0.2) is 0 Å². The topological polar surface area (TPSA) is 6.48 Å². The van der Waals surface area contributed by atoms with Gasteiger partial charge in [-0.3, -0.25) is 9.80 Å². The summed E-state index contributed by atoms with van der Waals surface area (Å²) in [5, 5.41) is 0.595. The largest absolute Gasteiger partial charge is 0.298 e. The molecule has 0 amide bonds. The van der Waals surface area contributed by atoms with Gasteiger partial charge < -0.3 is 0 Å². The SMILES string of the molecule is C[C@H](S)[C@H]1CC[C@H](N2CCN(C34CC(C3)C4)CC2)CC1. The number of rotatable bonds is 3. The third-order valence-corrected chi connectivity index (χ3v) is 7.35. The van der Waals surface area contributed by atoms with Crippen molar-refractivity contribution in [3.05, 3.63) is 0 Å². The van der Waals surface area contributed by atoms with Gasteiger partial charge in [0.1, 0.15) is 0 Å². The summed E-state index contributed by atoms with van der Waals surface area (Å²) in [5.41, 5.74) is 0.704. The highest BCUT2D eigenvalue weighted by Crippen LogP contribution is 2.60. The average Bonchev–Trinajstić information content (AvgIpc) is 2.36. The van der Waals surface area contributed by atoms with Gasteiger partial charge in [0.05, 0.1) is 0 Å². The minimum atomic E-state index is 0.595. The summed E-state index contributed by atoms with van der Waals surface area (Å²) in [5.74, 6) is 1.99. The van der Waals surface area contributed by atoms with E-state index in [4.69, 9.17) is 0 Å². The minimum Gasteiger partial charge on any atom is -0.298 e. The lowest BCUT2D eigenvalue weighted by Crippen LogP contribution is -2.71. The van der Waals surface area contributed by atoms with Gasteiger partial charge in [-0.25, -0.2) is 0 Å². The molecule has 5 rings (SSSR count). The van der Waals surface area contributed by atoms with Crippen molar-refractivity contribution in [2.75, 3.05) is 26.2 Å². The fraction of sp³-hybridized carbons (Fsp3) is 1.00. The molecule has 0 unspecified atom stereocenters. The highest BCUT2D eigenvalue weighted by molar-refractivity contribution is 7.80. The van der Waals surface area contributed by atoms with Crippen LogP contribution in [0.5, 0.6) is 0 Å². The molecule has 0 aromatic carbocycles. The lowest BCUT2D eigenvalue weighted by atomic mass is 9.49. The standard InChI is InChI=1S/C17H30N2S/c1-13(20)15-2-4-16(5-3-15)18-6-8-19(9-7-18)17-10-14(11-17)12-17/h13-16,20H,2-12H2,1H3/t13-,14?,15-,16-,17?/m0/s1. The zero-order chi connectivity index (χ0) is 13.7. The van der Waals surface area contributed by atoms with Gasteiger partial charge in [-0.1, -0.05) is 6.92 Å². The van der Waals surface area contributed by atoms with Crippen molar-refractivity contribution >= 4 is 12.6 Å². The van der Waals surface area contributed by atoms with Crippen molar-refractivity contribution in [2.45, 2.75) is 68.7 Å². The van der Waals surface area contributed by atoms with Crippen LogP contribution >= 0.6 is 12.6 Å². The smallest absolute Gasteiger partial charge is 0.0218 e. The molecular formula is C17H30N2S. The first kappa shape index (κ1) is 13.9. The minimum absolute atomic E-state index is 0.595. The Balaban J connectivity index is 1.25. The van der Waals surface area contributed by atoms with E-state index in [0.717, 1.165) is 17.9 Å². The number of piperazine rings is 1. The molecule has 4 aliphatic carbocycles. The number of nitrogens with zero attached hydrogens (tertiary/aromatic N) is 2. The maximum atomic E-state index is 4.64. The van der Waals surface area contributed by atoms with Gasteiger partial charge in [0.15, 0.2) is 0 Å². The Bertz CT molecular complexity index is 337. The van der Waals surface area contributed by atoms with Crippen LogP contribution < -0.4 is 0 Å². The second-order valence-electron chi connectivity index (χ2n) is 8.03. The third-order valence-electron chi connectivity index (χ3n) is 6.93. The van der Waals surface area contributed by atoms with Crippen LogP contribution in [-0.2, 0) is 0 Å². The summed E-state index contributed by atoms with van der Waals surface area (Å²) >= 11 is 4.64. The Morgan fingerprint density at radius 1 is 0.950 bits per heavy atom. The monoisotopic (exact) mass is 294 g/mol. The van der Waals surface area contributed by atoms with Gasteiger partial charge >= 0.3 is 0 Å². The number of hydrogen-bond acceptors (Lipinski definition) is 3. The summed E-state index contributed by atoms with van der Waals surface area (Å²) in [6, 6.07) is 0.883.